The van der Waals surface area contributed by atoms with Crippen molar-refractivity contribution in [1.29, 1.82) is 0 Å². The first kappa shape index (κ1) is 13.5. The third kappa shape index (κ3) is 3.32. The Morgan fingerprint density at radius 3 is 2.53 bits per heavy atom. The van der Waals surface area contributed by atoms with E-state index in [0.717, 1.165) is 10.0 Å². The van der Waals surface area contributed by atoms with Crippen molar-refractivity contribution in [2.45, 2.75) is 6.61 Å². The molecule has 0 saturated heterocycles. The molecule has 0 saturated carbocycles. The number of carboxylic acid groups (broad SMARTS) is 1. The first-order valence-corrected chi connectivity index (χ1v) is 6.26. The van der Waals surface area contributed by atoms with Crippen LogP contribution in [0.15, 0.2) is 46.9 Å². The van der Waals surface area contributed by atoms with Crippen LogP contribution in [0, 0.1) is 5.82 Å². The van der Waals surface area contributed by atoms with E-state index in [1.54, 1.807) is 0 Å². The van der Waals surface area contributed by atoms with Gasteiger partial charge in [0.15, 0.2) is 11.6 Å². The average molecular weight is 325 g/mol. The van der Waals surface area contributed by atoms with Crippen LogP contribution in [0.3, 0.4) is 0 Å². The van der Waals surface area contributed by atoms with Gasteiger partial charge in [0.05, 0.1) is 0 Å². The Hall–Kier alpha value is -1.88. The maximum atomic E-state index is 13.6. The molecule has 0 aromatic heterocycles. The molecule has 0 radical (unpaired) electrons. The van der Waals surface area contributed by atoms with Crippen LogP contribution in [0.25, 0.3) is 0 Å². The van der Waals surface area contributed by atoms with Crippen LogP contribution in [-0.2, 0) is 6.61 Å². The molecule has 2 aromatic carbocycles. The quantitative estimate of drug-likeness (QED) is 0.928. The lowest BCUT2D eigenvalue weighted by atomic mass is 10.2. The Morgan fingerprint density at radius 2 is 1.89 bits per heavy atom. The van der Waals surface area contributed by atoms with E-state index < -0.39 is 11.8 Å². The minimum absolute atomic E-state index is 0.106. The molecule has 0 aliphatic heterocycles. The Balaban J connectivity index is 2.19. The van der Waals surface area contributed by atoms with Crippen LogP contribution < -0.4 is 4.74 Å². The van der Waals surface area contributed by atoms with Crippen molar-refractivity contribution in [3.63, 3.8) is 0 Å². The zero-order valence-corrected chi connectivity index (χ0v) is 11.4. The summed E-state index contributed by atoms with van der Waals surface area (Å²) in [7, 11) is 0. The van der Waals surface area contributed by atoms with E-state index in [0.29, 0.717) is 0 Å². The van der Waals surface area contributed by atoms with Crippen LogP contribution in [0.1, 0.15) is 15.9 Å². The summed E-state index contributed by atoms with van der Waals surface area (Å²) < 4.78 is 19.8. The number of carboxylic acids is 1. The standard InChI is InChI=1S/C14H10BrFO3/c15-10-6-4-9(5-7-10)8-19-13-11(14(17)18)2-1-3-12(13)16/h1-7H,8H2,(H,17,18). The highest BCUT2D eigenvalue weighted by Gasteiger charge is 2.15. The van der Waals surface area contributed by atoms with E-state index in [4.69, 9.17) is 9.84 Å². The van der Waals surface area contributed by atoms with E-state index in [-0.39, 0.29) is 17.9 Å². The Bertz CT molecular complexity index is 596. The summed E-state index contributed by atoms with van der Waals surface area (Å²) >= 11 is 3.31. The third-order valence-corrected chi connectivity index (χ3v) is 3.02. The number of aromatic carboxylic acids is 1. The average Bonchev–Trinajstić information content (AvgIpc) is 2.39. The fourth-order valence-electron chi connectivity index (χ4n) is 1.56. The molecule has 1 N–H and O–H groups in total. The summed E-state index contributed by atoms with van der Waals surface area (Å²) in [5.41, 5.74) is 0.639. The van der Waals surface area contributed by atoms with Gasteiger partial charge in [0, 0.05) is 4.47 Å². The highest BCUT2D eigenvalue weighted by atomic mass is 79.9. The van der Waals surface area contributed by atoms with Gasteiger partial charge in [0.2, 0.25) is 0 Å². The molecule has 3 nitrogen and oxygen atoms in total. The smallest absolute Gasteiger partial charge is 0.339 e. The molecule has 2 aromatic rings. The van der Waals surface area contributed by atoms with Crippen LogP contribution >= 0.6 is 15.9 Å². The van der Waals surface area contributed by atoms with E-state index in [1.165, 1.54) is 18.2 Å². The van der Waals surface area contributed by atoms with Gasteiger partial charge in [-0.3, -0.25) is 0 Å². The largest absolute Gasteiger partial charge is 0.485 e. The highest BCUT2D eigenvalue weighted by Crippen LogP contribution is 2.24. The molecule has 0 unspecified atom stereocenters. The number of hydrogen-bond acceptors (Lipinski definition) is 2. The van der Waals surface area contributed by atoms with Crippen molar-refractivity contribution in [2.75, 3.05) is 0 Å². The van der Waals surface area contributed by atoms with Crippen LogP contribution in [0.4, 0.5) is 4.39 Å². The third-order valence-electron chi connectivity index (χ3n) is 2.49. The zero-order chi connectivity index (χ0) is 13.8. The van der Waals surface area contributed by atoms with Gasteiger partial charge in [-0.15, -0.1) is 0 Å². The maximum absolute atomic E-state index is 13.6. The second kappa shape index (κ2) is 5.84. The molecule has 0 aliphatic rings. The van der Waals surface area contributed by atoms with Crippen molar-refractivity contribution in [1.82, 2.24) is 0 Å². The summed E-state index contributed by atoms with van der Waals surface area (Å²) in [4.78, 5) is 11.0. The molecule has 0 aliphatic carbocycles. The SMILES string of the molecule is O=C(O)c1cccc(F)c1OCc1ccc(Br)cc1. The van der Waals surface area contributed by atoms with E-state index >= 15 is 0 Å². The predicted octanol–water partition coefficient (Wildman–Crippen LogP) is 3.87. The summed E-state index contributed by atoms with van der Waals surface area (Å²) in [6, 6.07) is 11.1. The van der Waals surface area contributed by atoms with Crippen LogP contribution in [-0.4, -0.2) is 11.1 Å². The first-order valence-electron chi connectivity index (χ1n) is 5.47. The minimum Gasteiger partial charge on any atom is -0.485 e. The summed E-state index contributed by atoms with van der Waals surface area (Å²) in [5, 5.41) is 8.97. The molecule has 0 atom stereocenters. The molecule has 0 heterocycles. The number of carbonyl (C=O) groups is 1. The number of halogens is 2. The van der Waals surface area contributed by atoms with Crippen molar-refractivity contribution >= 4 is 21.9 Å². The molecule has 98 valence electrons. The monoisotopic (exact) mass is 324 g/mol. The lowest BCUT2D eigenvalue weighted by Crippen LogP contribution is -2.05. The van der Waals surface area contributed by atoms with E-state index in [1.807, 2.05) is 24.3 Å². The number of hydrogen-bond donors (Lipinski definition) is 1. The van der Waals surface area contributed by atoms with Crippen molar-refractivity contribution in [3.05, 3.63) is 63.9 Å². The van der Waals surface area contributed by atoms with Gasteiger partial charge in [0.1, 0.15) is 12.2 Å². The molecule has 0 bridgehead atoms. The van der Waals surface area contributed by atoms with Gasteiger partial charge in [-0.25, -0.2) is 9.18 Å². The van der Waals surface area contributed by atoms with Gasteiger partial charge in [0.25, 0.3) is 0 Å². The lowest BCUT2D eigenvalue weighted by Gasteiger charge is -2.10. The molecule has 5 heteroatoms. The number of rotatable bonds is 4. The zero-order valence-electron chi connectivity index (χ0n) is 9.77. The fourth-order valence-corrected chi connectivity index (χ4v) is 1.82. The topological polar surface area (TPSA) is 46.5 Å². The van der Waals surface area contributed by atoms with Crippen molar-refractivity contribution in [3.8, 4) is 5.75 Å². The van der Waals surface area contributed by atoms with Gasteiger partial charge >= 0.3 is 5.97 Å². The Morgan fingerprint density at radius 1 is 1.21 bits per heavy atom. The van der Waals surface area contributed by atoms with Crippen LogP contribution in [0.2, 0.25) is 0 Å². The first-order chi connectivity index (χ1) is 9.08. The number of ether oxygens (including phenoxy) is 1. The molecule has 19 heavy (non-hydrogen) atoms. The van der Waals surface area contributed by atoms with E-state index in [9.17, 15) is 9.18 Å². The van der Waals surface area contributed by atoms with Crippen molar-refractivity contribution < 1.29 is 19.0 Å². The molecule has 0 amide bonds. The van der Waals surface area contributed by atoms with Crippen molar-refractivity contribution in [2.24, 2.45) is 0 Å². The second-order valence-electron chi connectivity index (χ2n) is 3.84. The lowest BCUT2D eigenvalue weighted by molar-refractivity contribution is 0.0690. The predicted molar refractivity (Wildman–Crippen MR) is 71.8 cm³/mol. The normalized spacial score (nSPS) is 10.2. The van der Waals surface area contributed by atoms with Gasteiger partial charge in [-0.2, -0.15) is 0 Å². The summed E-state index contributed by atoms with van der Waals surface area (Å²) in [6.45, 7) is 0.106. The maximum Gasteiger partial charge on any atom is 0.339 e. The number of para-hydroxylation sites is 1. The number of benzene rings is 2. The molecule has 0 fully saturated rings. The van der Waals surface area contributed by atoms with Gasteiger partial charge in [-0.05, 0) is 29.8 Å². The molecular formula is C14H10BrFO3. The second-order valence-corrected chi connectivity index (χ2v) is 4.75. The summed E-state index contributed by atoms with van der Waals surface area (Å²) in [6.07, 6.45) is 0. The van der Waals surface area contributed by atoms with Gasteiger partial charge < -0.3 is 9.84 Å². The Kier molecular flexibility index (Phi) is 4.16. The molecular weight excluding hydrogens is 315 g/mol. The highest BCUT2D eigenvalue weighted by molar-refractivity contribution is 9.10. The Labute approximate surface area is 117 Å². The minimum atomic E-state index is -1.22. The van der Waals surface area contributed by atoms with Gasteiger partial charge in [-0.1, -0.05) is 34.1 Å². The fraction of sp³-hybridized carbons (Fsp3) is 0.0714. The van der Waals surface area contributed by atoms with E-state index in [2.05, 4.69) is 15.9 Å². The molecule has 2 rings (SSSR count). The van der Waals surface area contributed by atoms with Crippen LogP contribution in [0.5, 0.6) is 5.75 Å². The summed E-state index contributed by atoms with van der Waals surface area (Å²) in [5.74, 6) is -2.14. The molecule has 0 spiro atoms.